The average Bonchev–Trinajstić information content (AvgIpc) is 3.51. The van der Waals surface area contributed by atoms with E-state index in [2.05, 4.69) is 31.1 Å². The Labute approximate surface area is 165 Å². The standard InChI is InChI=1S/C20H19N5O2S/c26-20(17-6-3-9-28-17)21-11-18-23-19(24-27-18)13-7-8-16-15(10-13)22-12-25(16)14-4-1-2-5-14/h3,6-10,12,14H,1-2,4-5,11H2,(H,21,26). The Balaban J connectivity index is 1.32. The number of thiophene rings is 1. The van der Waals surface area contributed by atoms with Crippen molar-refractivity contribution in [1.29, 1.82) is 0 Å². The van der Waals surface area contributed by atoms with E-state index in [4.69, 9.17) is 4.52 Å². The summed E-state index contributed by atoms with van der Waals surface area (Å²) in [4.78, 5) is 21.6. The van der Waals surface area contributed by atoms with Crippen LogP contribution in [0.25, 0.3) is 22.4 Å². The number of imidazole rings is 1. The summed E-state index contributed by atoms with van der Waals surface area (Å²) in [5, 5.41) is 8.70. The van der Waals surface area contributed by atoms with E-state index in [1.807, 2.05) is 29.9 Å². The Kier molecular flexibility index (Phi) is 4.40. The van der Waals surface area contributed by atoms with Gasteiger partial charge in [0, 0.05) is 11.6 Å². The van der Waals surface area contributed by atoms with Gasteiger partial charge in [-0.3, -0.25) is 4.79 Å². The van der Waals surface area contributed by atoms with Crippen LogP contribution in [0.5, 0.6) is 0 Å². The second kappa shape index (κ2) is 7.20. The van der Waals surface area contributed by atoms with Crippen LogP contribution in [0.15, 0.2) is 46.6 Å². The lowest BCUT2D eigenvalue weighted by molar-refractivity contribution is 0.0950. The zero-order chi connectivity index (χ0) is 18.9. The number of hydrogen-bond acceptors (Lipinski definition) is 6. The molecule has 4 aromatic rings. The Morgan fingerprint density at radius 2 is 2.18 bits per heavy atom. The van der Waals surface area contributed by atoms with E-state index in [0.29, 0.717) is 22.6 Å². The summed E-state index contributed by atoms with van der Waals surface area (Å²) in [6.07, 6.45) is 6.96. The molecule has 1 aliphatic carbocycles. The second-order valence-electron chi connectivity index (χ2n) is 6.97. The number of nitrogens with one attached hydrogen (secondary N) is 1. The van der Waals surface area contributed by atoms with Gasteiger partial charge in [-0.25, -0.2) is 4.98 Å². The topological polar surface area (TPSA) is 85.8 Å². The third-order valence-electron chi connectivity index (χ3n) is 5.16. The predicted octanol–water partition coefficient (Wildman–Crippen LogP) is 4.19. The van der Waals surface area contributed by atoms with Gasteiger partial charge in [-0.2, -0.15) is 4.98 Å². The van der Waals surface area contributed by atoms with Crippen molar-refractivity contribution in [2.75, 3.05) is 0 Å². The van der Waals surface area contributed by atoms with Crippen LogP contribution in [0.4, 0.5) is 0 Å². The van der Waals surface area contributed by atoms with Gasteiger partial charge in [0.15, 0.2) is 0 Å². The van der Waals surface area contributed by atoms with Crippen molar-refractivity contribution in [2.45, 2.75) is 38.3 Å². The van der Waals surface area contributed by atoms with Gasteiger partial charge in [0.25, 0.3) is 5.91 Å². The molecule has 142 valence electrons. The van der Waals surface area contributed by atoms with Crippen LogP contribution in [0.2, 0.25) is 0 Å². The Bertz CT molecular complexity index is 1110. The van der Waals surface area contributed by atoms with Crippen LogP contribution >= 0.6 is 11.3 Å². The number of benzene rings is 1. The molecule has 0 aliphatic heterocycles. The quantitative estimate of drug-likeness (QED) is 0.549. The van der Waals surface area contributed by atoms with E-state index in [0.717, 1.165) is 16.6 Å². The van der Waals surface area contributed by atoms with Gasteiger partial charge in [-0.1, -0.05) is 24.1 Å². The first-order valence-electron chi connectivity index (χ1n) is 9.39. The number of nitrogens with zero attached hydrogens (tertiary/aromatic N) is 4. The highest BCUT2D eigenvalue weighted by Gasteiger charge is 2.19. The Morgan fingerprint density at radius 1 is 1.29 bits per heavy atom. The predicted molar refractivity (Wildman–Crippen MR) is 106 cm³/mol. The molecule has 1 amide bonds. The smallest absolute Gasteiger partial charge is 0.261 e. The number of amides is 1. The molecule has 0 spiro atoms. The molecule has 8 heteroatoms. The molecule has 3 aromatic heterocycles. The van der Waals surface area contributed by atoms with Crippen molar-refractivity contribution >= 4 is 28.3 Å². The van der Waals surface area contributed by atoms with Crippen molar-refractivity contribution < 1.29 is 9.32 Å². The fraction of sp³-hybridized carbons (Fsp3) is 0.300. The van der Waals surface area contributed by atoms with Crippen LogP contribution in [0.3, 0.4) is 0 Å². The molecule has 0 unspecified atom stereocenters. The fourth-order valence-electron chi connectivity index (χ4n) is 3.74. The van der Waals surface area contributed by atoms with E-state index in [1.165, 1.54) is 37.0 Å². The monoisotopic (exact) mass is 393 g/mol. The maximum atomic E-state index is 12.0. The number of carbonyl (C=O) groups excluding carboxylic acids is 1. The third-order valence-corrected chi connectivity index (χ3v) is 6.03. The van der Waals surface area contributed by atoms with Gasteiger partial charge in [-0.15, -0.1) is 11.3 Å². The van der Waals surface area contributed by atoms with Gasteiger partial charge >= 0.3 is 0 Å². The van der Waals surface area contributed by atoms with Gasteiger partial charge in [-0.05, 0) is 42.5 Å². The lowest BCUT2D eigenvalue weighted by Crippen LogP contribution is -2.21. The van der Waals surface area contributed by atoms with E-state index in [9.17, 15) is 4.79 Å². The van der Waals surface area contributed by atoms with E-state index in [-0.39, 0.29) is 12.5 Å². The van der Waals surface area contributed by atoms with Gasteiger partial charge in [0.1, 0.15) is 0 Å². The lowest BCUT2D eigenvalue weighted by atomic mass is 10.1. The van der Waals surface area contributed by atoms with Crippen LogP contribution in [0.1, 0.15) is 47.3 Å². The molecule has 1 saturated carbocycles. The van der Waals surface area contributed by atoms with Crippen molar-refractivity contribution in [3.05, 3.63) is 52.8 Å². The molecule has 0 atom stereocenters. The molecule has 7 nitrogen and oxygen atoms in total. The van der Waals surface area contributed by atoms with Crippen molar-refractivity contribution in [3.63, 3.8) is 0 Å². The third kappa shape index (κ3) is 3.20. The SMILES string of the molecule is O=C(NCc1nc(-c2ccc3c(c2)ncn3C2CCCC2)no1)c1cccs1. The van der Waals surface area contributed by atoms with Crippen molar-refractivity contribution in [2.24, 2.45) is 0 Å². The molecule has 1 aliphatic rings. The summed E-state index contributed by atoms with van der Waals surface area (Å²) >= 11 is 1.39. The molecule has 5 rings (SSSR count). The molecule has 1 aromatic carbocycles. The number of aromatic nitrogens is 4. The lowest BCUT2D eigenvalue weighted by Gasteiger charge is -2.11. The number of carbonyl (C=O) groups is 1. The summed E-state index contributed by atoms with van der Waals surface area (Å²) in [5.41, 5.74) is 2.92. The van der Waals surface area contributed by atoms with E-state index >= 15 is 0 Å². The second-order valence-corrected chi connectivity index (χ2v) is 7.91. The van der Waals surface area contributed by atoms with Crippen molar-refractivity contribution in [1.82, 2.24) is 25.0 Å². The first-order chi connectivity index (χ1) is 13.8. The first kappa shape index (κ1) is 17.1. The zero-order valence-electron chi connectivity index (χ0n) is 15.2. The van der Waals surface area contributed by atoms with Crippen molar-refractivity contribution in [3.8, 4) is 11.4 Å². The maximum absolute atomic E-state index is 12.0. The molecular formula is C20H19N5O2S. The highest BCUT2D eigenvalue weighted by Crippen LogP contribution is 2.32. The zero-order valence-corrected chi connectivity index (χ0v) is 16.0. The summed E-state index contributed by atoms with van der Waals surface area (Å²) in [7, 11) is 0. The molecule has 0 saturated heterocycles. The first-order valence-corrected chi connectivity index (χ1v) is 10.3. The fourth-order valence-corrected chi connectivity index (χ4v) is 4.38. The molecule has 1 fully saturated rings. The van der Waals surface area contributed by atoms with Crippen LogP contribution < -0.4 is 5.32 Å². The number of hydrogen-bond donors (Lipinski definition) is 1. The minimum atomic E-state index is -0.145. The van der Waals surface area contributed by atoms with Gasteiger partial charge in [0.05, 0.1) is 28.8 Å². The molecule has 0 bridgehead atoms. The number of fused-ring (bicyclic) bond motifs is 1. The molecule has 0 radical (unpaired) electrons. The molecule has 1 N–H and O–H groups in total. The Morgan fingerprint density at radius 3 is 3.00 bits per heavy atom. The van der Waals surface area contributed by atoms with Crippen LogP contribution in [-0.4, -0.2) is 25.6 Å². The Hall–Kier alpha value is -3.00. The minimum absolute atomic E-state index is 0.145. The minimum Gasteiger partial charge on any atom is -0.342 e. The largest absolute Gasteiger partial charge is 0.342 e. The summed E-state index contributed by atoms with van der Waals surface area (Å²) < 4.78 is 7.57. The molecule has 28 heavy (non-hydrogen) atoms. The normalized spacial score (nSPS) is 14.7. The van der Waals surface area contributed by atoms with Crippen LogP contribution in [-0.2, 0) is 6.54 Å². The van der Waals surface area contributed by atoms with Crippen LogP contribution in [0, 0.1) is 0 Å². The van der Waals surface area contributed by atoms with Gasteiger partial charge in [0.2, 0.25) is 11.7 Å². The summed E-state index contributed by atoms with van der Waals surface area (Å²) in [6.45, 7) is 0.197. The average molecular weight is 393 g/mol. The molecular weight excluding hydrogens is 374 g/mol. The molecule has 3 heterocycles. The van der Waals surface area contributed by atoms with E-state index in [1.54, 1.807) is 6.07 Å². The van der Waals surface area contributed by atoms with Gasteiger partial charge < -0.3 is 14.4 Å². The summed E-state index contributed by atoms with van der Waals surface area (Å²) in [5.74, 6) is 0.725. The highest BCUT2D eigenvalue weighted by molar-refractivity contribution is 7.12. The maximum Gasteiger partial charge on any atom is 0.261 e. The highest BCUT2D eigenvalue weighted by atomic mass is 32.1. The van der Waals surface area contributed by atoms with E-state index < -0.39 is 0 Å². The summed E-state index contributed by atoms with van der Waals surface area (Å²) in [6, 6.07) is 10.2. The number of rotatable bonds is 5.